The summed E-state index contributed by atoms with van der Waals surface area (Å²) in [5, 5.41) is 20.4. The Kier molecular flexibility index (Phi) is 8.28. The van der Waals surface area contributed by atoms with E-state index in [9.17, 15) is 24.7 Å². The third kappa shape index (κ3) is 5.05. The van der Waals surface area contributed by atoms with Crippen LogP contribution in [0, 0.1) is 0 Å². The number of aromatic nitrogens is 2. The largest absolute Gasteiger partial charge is 0.387 e. The smallest absolute Gasteiger partial charge is 0.330 e. The van der Waals surface area contributed by atoms with Crippen LogP contribution in [0.1, 0.15) is 20.1 Å². The molecule has 1 aliphatic heterocycles. The summed E-state index contributed by atoms with van der Waals surface area (Å²) in [4.78, 5) is 35.7. The highest BCUT2D eigenvalue weighted by Crippen LogP contribution is 2.81. The van der Waals surface area contributed by atoms with Gasteiger partial charge in [-0.2, -0.15) is 0 Å². The van der Waals surface area contributed by atoms with E-state index in [2.05, 4.69) is 0 Å². The Hall–Kier alpha value is -0.300. The normalized spacial score (nSPS) is 27.6. The van der Waals surface area contributed by atoms with Gasteiger partial charge in [-0.05, 0) is 37.5 Å². The minimum atomic E-state index is -3.73. The molecule has 1 unspecified atom stereocenters. The topological polar surface area (TPSA) is 152 Å². The first kappa shape index (κ1) is 24.0. The van der Waals surface area contributed by atoms with Crippen LogP contribution in [0.3, 0.4) is 0 Å². The summed E-state index contributed by atoms with van der Waals surface area (Å²) in [5.41, 5.74) is -1.44. The molecule has 5 atom stereocenters. The predicted octanol–water partition coefficient (Wildman–Crippen LogP) is -0.228. The Bertz CT molecular complexity index is 881. The zero-order valence-corrected chi connectivity index (χ0v) is 18.5. The average molecular weight is 476 g/mol. The van der Waals surface area contributed by atoms with Crippen LogP contribution in [-0.2, 0) is 41.9 Å². The van der Waals surface area contributed by atoms with Crippen molar-refractivity contribution in [2.24, 2.45) is 0 Å². The van der Waals surface area contributed by atoms with Crippen molar-refractivity contribution in [2.75, 3.05) is 19.8 Å². The molecule has 11 nitrogen and oxygen atoms in total. The zero-order chi connectivity index (χ0) is 21.1. The Morgan fingerprint density at radius 1 is 1.18 bits per heavy atom. The van der Waals surface area contributed by atoms with E-state index >= 15 is 0 Å². The summed E-state index contributed by atoms with van der Waals surface area (Å²) in [6.07, 6.45) is -11.2. The summed E-state index contributed by atoms with van der Waals surface area (Å²) in [7, 11) is 0. The maximum absolute atomic E-state index is 11.9. The SMILES string of the molecule is CCOP(=S)(OCC)P(O)(=S)OC[C@H]1O[C@@H](n2ccc(=O)[nH]c2=O)[C@H](O)[C@@H]1O. The van der Waals surface area contributed by atoms with Crippen LogP contribution in [-0.4, -0.2) is 62.8 Å². The van der Waals surface area contributed by atoms with Gasteiger partial charge in [0.1, 0.15) is 18.3 Å². The number of aromatic amines is 1. The second-order valence-electron chi connectivity index (χ2n) is 5.65. The molecule has 0 saturated carbocycles. The fourth-order valence-electron chi connectivity index (χ4n) is 2.48. The Morgan fingerprint density at radius 2 is 1.79 bits per heavy atom. The molecule has 0 radical (unpaired) electrons. The third-order valence-electron chi connectivity index (χ3n) is 3.76. The number of nitrogens with zero attached hydrogens (tertiary/aromatic N) is 1. The zero-order valence-electron chi connectivity index (χ0n) is 15.0. The lowest BCUT2D eigenvalue weighted by Crippen LogP contribution is -2.37. The number of hydrogen-bond donors (Lipinski definition) is 4. The van der Waals surface area contributed by atoms with E-state index in [1.165, 1.54) is 0 Å². The summed E-state index contributed by atoms with van der Waals surface area (Å²) in [6, 6.07) is 1.07. The van der Waals surface area contributed by atoms with Crippen molar-refractivity contribution in [3.63, 3.8) is 0 Å². The number of H-pyrrole nitrogens is 1. The number of aliphatic hydroxyl groups excluding tert-OH is 2. The minimum Gasteiger partial charge on any atom is -0.387 e. The number of ether oxygens (including phenoxy) is 1. The van der Waals surface area contributed by atoms with Crippen molar-refractivity contribution >= 4 is 36.0 Å². The van der Waals surface area contributed by atoms with Crippen molar-refractivity contribution < 1.29 is 33.4 Å². The summed E-state index contributed by atoms with van der Waals surface area (Å²) < 4.78 is 22.5. The number of nitrogens with one attached hydrogen (secondary N) is 1. The molecule has 2 heterocycles. The summed E-state index contributed by atoms with van der Waals surface area (Å²) in [6.45, 7) is 3.25. The monoisotopic (exact) mass is 476 g/mol. The standard InChI is InChI=1S/C13H22N2O9P2S2/c1-3-21-26(28,22-4-2)25(20,27)23-7-8-10(17)11(18)12(24-8)15-6-5-9(16)14-13(15)19/h5-6,8,10-12,17-18H,3-4,7H2,1-2H3,(H,20,27)(H,14,16,19)/t8-,10-,11-,12-,25?/m1/s1. The highest BCUT2D eigenvalue weighted by atomic mass is 32.8. The molecule has 28 heavy (non-hydrogen) atoms. The molecule has 15 heteroatoms. The Balaban J connectivity index is 2.14. The molecule has 1 aliphatic rings. The Morgan fingerprint density at radius 3 is 2.32 bits per heavy atom. The fourth-order valence-corrected chi connectivity index (χ4v) is 8.26. The maximum Gasteiger partial charge on any atom is 0.330 e. The fraction of sp³-hybridized carbons (Fsp3) is 0.692. The lowest BCUT2D eigenvalue weighted by atomic mass is 10.1. The first-order valence-corrected chi connectivity index (χ1v) is 14.3. The van der Waals surface area contributed by atoms with E-state index in [-0.39, 0.29) is 13.2 Å². The van der Waals surface area contributed by atoms with Crippen LogP contribution in [0.2, 0.25) is 0 Å². The highest BCUT2D eigenvalue weighted by Gasteiger charge is 2.46. The molecule has 0 spiro atoms. The molecular weight excluding hydrogens is 454 g/mol. The van der Waals surface area contributed by atoms with Crippen LogP contribution in [0.15, 0.2) is 21.9 Å². The Labute approximate surface area is 170 Å². The molecule has 1 fully saturated rings. The van der Waals surface area contributed by atoms with E-state index in [0.29, 0.717) is 0 Å². The lowest BCUT2D eigenvalue weighted by Gasteiger charge is -2.29. The second-order valence-corrected chi connectivity index (χ2v) is 16.1. The molecule has 160 valence electrons. The number of hydrogen-bond acceptors (Lipinski definition) is 10. The van der Waals surface area contributed by atoms with Crippen molar-refractivity contribution in [3.8, 4) is 0 Å². The van der Waals surface area contributed by atoms with Gasteiger partial charge >= 0.3 is 5.69 Å². The lowest BCUT2D eigenvalue weighted by molar-refractivity contribution is -0.0512. The molecule has 1 saturated heterocycles. The molecular formula is C13H22N2O9P2S2. The first-order valence-electron chi connectivity index (χ1n) is 8.26. The molecule has 2 rings (SSSR count). The van der Waals surface area contributed by atoms with E-state index in [1.807, 2.05) is 4.98 Å². The molecule has 0 aliphatic carbocycles. The van der Waals surface area contributed by atoms with Gasteiger partial charge in [-0.3, -0.25) is 14.3 Å². The maximum atomic E-state index is 11.9. The molecule has 1 aromatic heterocycles. The van der Waals surface area contributed by atoms with Crippen LogP contribution in [0.5, 0.6) is 0 Å². The molecule has 0 amide bonds. The minimum absolute atomic E-state index is 0.165. The van der Waals surface area contributed by atoms with Gasteiger partial charge in [0.2, 0.25) is 0 Å². The van der Waals surface area contributed by atoms with Crippen LogP contribution >= 0.6 is 12.4 Å². The summed E-state index contributed by atoms with van der Waals surface area (Å²) in [5.74, 6) is 0. The van der Waals surface area contributed by atoms with E-state index in [4.69, 9.17) is 41.9 Å². The van der Waals surface area contributed by atoms with E-state index in [0.717, 1.165) is 16.8 Å². The molecule has 4 N–H and O–H groups in total. The van der Waals surface area contributed by atoms with Gasteiger partial charge in [0.25, 0.3) is 17.9 Å². The third-order valence-corrected chi connectivity index (χ3v) is 14.7. The first-order chi connectivity index (χ1) is 13.1. The number of aliphatic hydroxyl groups is 2. The van der Waals surface area contributed by atoms with Crippen molar-refractivity contribution in [1.29, 1.82) is 0 Å². The highest BCUT2D eigenvalue weighted by molar-refractivity contribution is 8.60. The van der Waals surface area contributed by atoms with Gasteiger partial charge in [0.05, 0.1) is 19.8 Å². The number of rotatable bonds is 9. The van der Waals surface area contributed by atoms with Crippen molar-refractivity contribution in [3.05, 3.63) is 33.1 Å². The molecule has 0 aromatic carbocycles. The predicted molar refractivity (Wildman–Crippen MR) is 107 cm³/mol. The molecule has 1 aromatic rings. The van der Waals surface area contributed by atoms with Gasteiger partial charge in [-0.15, -0.1) is 0 Å². The summed E-state index contributed by atoms with van der Waals surface area (Å²) >= 11 is 10.4. The molecule has 0 bridgehead atoms. The van der Waals surface area contributed by atoms with Crippen LogP contribution < -0.4 is 11.2 Å². The van der Waals surface area contributed by atoms with Gasteiger partial charge in [-0.25, -0.2) is 4.79 Å². The average Bonchev–Trinajstić information content (AvgIpc) is 2.89. The van der Waals surface area contributed by atoms with Crippen LogP contribution in [0.25, 0.3) is 0 Å². The quantitative estimate of drug-likeness (QED) is 0.350. The second kappa shape index (κ2) is 9.67. The van der Waals surface area contributed by atoms with Gasteiger partial charge in [0, 0.05) is 12.3 Å². The van der Waals surface area contributed by atoms with E-state index < -0.39 is 54.8 Å². The van der Waals surface area contributed by atoms with Gasteiger partial charge in [-0.1, -0.05) is 0 Å². The van der Waals surface area contributed by atoms with Crippen molar-refractivity contribution in [1.82, 2.24) is 9.55 Å². The van der Waals surface area contributed by atoms with Crippen molar-refractivity contribution in [2.45, 2.75) is 38.4 Å². The van der Waals surface area contributed by atoms with Gasteiger partial charge in [0.15, 0.2) is 6.23 Å². The van der Waals surface area contributed by atoms with Crippen LogP contribution in [0.4, 0.5) is 0 Å². The van der Waals surface area contributed by atoms with E-state index in [1.54, 1.807) is 13.8 Å². The van der Waals surface area contributed by atoms with Gasteiger partial charge < -0.3 is 33.4 Å².